The van der Waals surface area contributed by atoms with Gasteiger partial charge in [0.15, 0.2) is 0 Å². The Morgan fingerprint density at radius 2 is 1.73 bits per heavy atom. The van der Waals surface area contributed by atoms with Gasteiger partial charge in [-0.15, -0.1) is 0 Å². The molecular weight excluding hydrogens is 180 g/mol. The molecule has 0 amide bonds. The third-order valence-electron chi connectivity index (χ3n) is 3.39. The van der Waals surface area contributed by atoms with Gasteiger partial charge in [0.25, 0.3) is 0 Å². The lowest BCUT2D eigenvalue weighted by Crippen LogP contribution is -2.13. The van der Waals surface area contributed by atoms with Crippen molar-refractivity contribution in [3.8, 4) is 0 Å². The fourth-order valence-corrected chi connectivity index (χ4v) is 2.11. The molecule has 0 heteroatoms. The van der Waals surface area contributed by atoms with Crippen molar-refractivity contribution in [1.29, 1.82) is 0 Å². The fourth-order valence-electron chi connectivity index (χ4n) is 2.11. The summed E-state index contributed by atoms with van der Waals surface area (Å²) in [5, 5.41) is 0. The van der Waals surface area contributed by atoms with Crippen LogP contribution in [0.3, 0.4) is 0 Å². The van der Waals surface area contributed by atoms with E-state index in [1.807, 2.05) is 0 Å². The van der Waals surface area contributed by atoms with Gasteiger partial charge in [-0.2, -0.15) is 0 Å². The first-order valence-corrected chi connectivity index (χ1v) is 5.83. The Kier molecular flexibility index (Phi) is 2.68. The molecule has 1 aliphatic rings. The molecule has 1 aliphatic carbocycles. The van der Waals surface area contributed by atoms with Crippen molar-refractivity contribution >= 4 is 5.57 Å². The van der Waals surface area contributed by atoms with E-state index in [2.05, 4.69) is 51.1 Å². The van der Waals surface area contributed by atoms with Gasteiger partial charge in [0.1, 0.15) is 0 Å². The van der Waals surface area contributed by atoms with Gasteiger partial charge in [0.2, 0.25) is 0 Å². The standard InChI is InChI=1S/C15H20/c1-12-4-6-13(7-5-12)14-8-10-15(2,3)11-9-14/h4-8H,9-11H2,1-3H3. The summed E-state index contributed by atoms with van der Waals surface area (Å²) < 4.78 is 0. The van der Waals surface area contributed by atoms with Crippen LogP contribution in [0.2, 0.25) is 0 Å². The van der Waals surface area contributed by atoms with Crippen molar-refractivity contribution in [2.45, 2.75) is 40.0 Å². The maximum atomic E-state index is 2.42. The smallest absolute Gasteiger partial charge is 0.0228 e. The Morgan fingerprint density at radius 3 is 2.27 bits per heavy atom. The van der Waals surface area contributed by atoms with Crippen LogP contribution in [-0.4, -0.2) is 0 Å². The second-order valence-electron chi connectivity index (χ2n) is 5.46. The quantitative estimate of drug-likeness (QED) is 0.622. The van der Waals surface area contributed by atoms with Gasteiger partial charge >= 0.3 is 0 Å². The molecule has 1 aromatic carbocycles. The Labute approximate surface area is 93.0 Å². The van der Waals surface area contributed by atoms with Gasteiger partial charge in [-0.25, -0.2) is 0 Å². The summed E-state index contributed by atoms with van der Waals surface area (Å²) in [6.45, 7) is 6.85. The molecule has 0 saturated carbocycles. The van der Waals surface area contributed by atoms with E-state index in [0.717, 1.165) is 0 Å². The number of rotatable bonds is 1. The van der Waals surface area contributed by atoms with Crippen LogP contribution < -0.4 is 0 Å². The highest BCUT2D eigenvalue weighted by molar-refractivity contribution is 5.66. The zero-order valence-electron chi connectivity index (χ0n) is 10.0. The van der Waals surface area contributed by atoms with E-state index >= 15 is 0 Å². The highest BCUT2D eigenvalue weighted by Gasteiger charge is 2.21. The highest BCUT2D eigenvalue weighted by Crippen LogP contribution is 2.37. The first-order valence-electron chi connectivity index (χ1n) is 5.83. The summed E-state index contributed by atoms with van der Waals surface area (Å²) in [6, 6.07) is 8.91. The molecule has 0 heterocycles. The van der Waals surface area contributed by atoms with Gasteiger partial charge in [-0.3, -0.25) is 0 Å². The van der Waals surface area contributed by atoms with Crippen LogP contribution in [0.1, 0.15) is 44.2 Å². The molecule has 0 aliphatic heterocycles. The molecule has 1 aromatic rings. The Balaban J connectivity index is 2.19. The largest absolute Gasteiger partial charge is 0.0802 e. The molecule has 0 radical (unpaired) electrons. The predicted octanol–water partition coefficient (Wildman–Crippen LogP) is 4.59. The SMILES string of the molecule is Cc1ccc(C2=CCC(C)(C)CC2)cc1. The zero-order chi connectivity index (χ0) is 10.9. The molecular formula is C15H20. The number of benzene rings is 1. The third kappa shape index (κ3) is 2.50. The summed E-state index contributed by atoms with van der Waals surface area (Å²) in [7, 11) is 0. The van der Waals surface area contributed by atoms with Crippen molar-refractivity contribution in [3.63, 3.8) is 0 Å². The van der Waals surface area contributed by atoms with Crippen molar-refractivity contribution in [2.24, 2.45) is 5.41 Å². The summed E-state index contributed by atoms with van der Waals surface area (Å²) in [5.41, 5.74) is 4.80. The van der Waals surface area contributed by atoms with Gasteiger partial charge in [-0.05, 0) is 42.7 Å². The number of aryl methyl sites for hydroxylation is 1. The van der Waals surface area contributed by atoms with E-state index in [1.54, 1.807) is 0 Å². The average molecular weight is 200 g/mol. The average Bonchev–Trinajstić information content (AvgIpc) is 2.20. The van der Waals surface area contributed by atoms with Crippen LogP contribution in [0.5, 0.6) is 0 Å². The lowest BCUT2D eigenvalue weighted by atomic mass is 9.77. The molecule has 0 atom stereocenters. The second-order valence-corrected chi connectivity index (χ2v) is 5.46. The van der Waals surface area contributed by atoms with Crippen LogP contribution in [0.15, 0.2) is 30.3 Å². The van der Waals surface area contributed by atoms with Crippen molar-refractivity contribution in [2.75, 3.05) is 0 Å². The molecule has 0 bridgehead atoms. The molecule has 80 valence electrons. The molecule has 15 heavy (non-hydrogen) atoms. The van der Waals surface area contributed by atoms with Gasteiger partial charge < -0.3 is 0 Å². The van der Waals surface area contributed by atoms with E-state index in [4.69, 9.17) is 0 Å². The van der Waals surface area contributed by atoms with Crippen molar-refractivity contribution in [3.05, 3.63) is 41.5 Å². The monoisotopic (exact) mass is 200 g/mol. The Hall–Kier alpha value is -1.04. The number of hydrogen-bond donors (Lipinski definition) is 0. The second kappa shape index (κ2) is 3.84. The molecule has 0 aromatic heterocycles. The first-order chi connectivity index (χ1) is 7.07. The number of allylic oxidation sites excluding steroid dienone is 2. The molecule has 0 fully saturated rings. The lowest BCUT2D eigenvalue weighted by Gasteiger charge is -2.28. The molecule has 0 nitrogen and oxygen atoms in total. The van der Waals surface area contributed by atoms with E-state index in [0.29, 0.717) is 5.41 Å². The number of hydrogen-bond acceptors (Lipinski definition) is 0. The lowest BCUT2D eigenvalue weighted by molar-refractivity contribution is 0.335. The zero-order valence-corrected chi connectivity index (χ0v) is 10.0. The summed E-state index contributed by atoms with van der Waals surface area (Å²) >= 11 is 0. The summed E-state index contributed by atoms with van der Waals surface area (Å²) in [4.78, 5) is 0. The fraction of sp³-hybridized carbons (Fsp3) is 0.467. The summed E-state index contributed by atoms with van der Waals surface area (Å²) in [6.07, 6.45) is 6.19. The van der Waals surface area contributed by atoms with E-state index in [-0.39, 0.29) is 0 Å². The molecule has 0 spiro atoms. The topological polar surface area (TPSA) is 0 Å². The maximum Gasteiger partial charge on any atom is -0.0228 e. The van der Waals surface area contributed by atoms with Crippen LogP contribution in [0.25, 0.3) is 5.57 Å². The minimum Gasteiger partial charge on any atom is -0.0802 e. The van der Waals surface area contributed by atoms with Gasteiger partial charge in [0, 0.05) is 0 Å². The van der Waals surface area contributed by atoms with Crippen molar-refractivity contribution in [1.82, 2.24) is 0 Å². The Bertz CT molecular complexity index is 366. The van der Waals surface area contributed by atoms with Gasteiger partial charge in [-0.1, -0.05) is 49.8 Å². The highest BCUT2D eigenvalue weighted by atomic mass is 14.3. The normalized spacial score (nSPS) is 19.8. The van der Waals surface area contributed by atoms with Crippen LogP contribution >= 0.6 is 0 Å². The minimum absolute atomic E-state index is 0.508. The van der Waals surface area contributed by atoms with Crippen molar-refractivity contribution < 1.29 is 0 Å². The van der Waals surface area contributed by atoms with E-state index in [9.17, 15) is 0 Å². The van der Waals surface area contributed by atoms with E-state index in [1.165, 1.54) is 36.0 Å². The van der Waals surface area contributed by atoms with Crippen LogP contribution in [0.4, 0.5) is 0 Å². The van der Waals surface area contributed by atoms with E-state index < -0.39 is 0 Å². The molecule has 0 saturated heterocycles. The van der Waals surface area contributed by atoms with Gasteiger partial charge in [0.05, 0.1) is 0 Å². The molecule has 0 unspecified atom stereocenters. The Morgan fingerprint density at radius 1 is 1.07 bits per heavy atom. The molecule has 2 rings (SSSR count). The van der Waals surface area contributed by atoms with Crippen LogP contribution in [0, 0.1) is 12.3 Å². The molecule has 0 N–H and O–H groups in total. The predicted molar refractivity (Wildman–Crippen MR) is 66.8 cm³/mol. The minimum atomic E-state index is 0.508. The van der Waals surface area contributed by atoms with Crippen LogP contribution in [-0.2, 0) is 0 Å². The summed E-state index contributed by atoms with van der Waals surface area (Å²) in [5.74, 6) is 0. The first kappa shape index (κ1) is 10.5. The third-order valence-corrected chi connectivity index (χ3v) is 3.39. The maximum absolute atomic E-state index is 2.42.